The fourth-order valence-electron chi connectivity index (χ4n) is 3.25. The van der Waals surface area contributed by atoms with Crippen molar-refractivity contribution in [2.45, 2.75) is 38.5 Å². The number of amides is 1. The number of rotatable bonds is 8. The summed E-state index contributed by atoms with van der Waals surface area (Å²) in [5.74, 6) is -0.420. The Hall–Kier alpha value is -1.91. The first kappa shape index (κ1) is 22.4. The summed E-state index contributed by atoms with van der Waals surface area (Å²) in [7, 11) is -2.76. The number of methoxy groups -OCH3 is 1. The van der Waals surface area contributed by atoms with Crippen molar-refractivity contribution in [1.29, 1.82) is 0 Å². The van der Waals surface area contributed by atoms with Crippen LogP contribution in [0.4, 0.5) is 0 Å². The molecule has 2 rings (SSSR count). The lowest BCUT2D eigenvalue weighted by atomic mass is 10.2. The second-order valence-electron chi connectivity index (χ2n) is 6.50. The van der Waals surface area contributed by atoms with Crippen LogP contribution in [-0.4, -0.2) is 76.0 Å². The van der Waals surface area contributed by atoms with E-state index in [0.29, 0.717) is 39.1 Å². The van der Waals surface area contributed by atoms with Crippen molar-refractivity contribution in [3.63, 3.8) is 0 Å². The maximum absolute atomic E-state index is 13.1. The molecule has 0 atom stereocenters. The Kier molecular flexibility index (Phi) is 7.62. The van der Waals surface area contributed by atoms with Gasteiger partial charge >= 0.3 is 5.97 Å². The highest BCUT2D eigenvalue weighted by Gasteiger charge is 2.37. The van der Waals surface area contributed by atoms with Gasteiger partial charge in [-0.25, -0.2) is 13.2 Å². The lowest BCUT2D eigenvalue weighted by molar-refractivity contribution is -0.132. The van der Waals surface area contributed by atoms with Crippen LogP contribution in [0.3, 0.4) is 0 Å². The van der Waals surface area contributed by atoms with Crippen LogP contribution in [0.5, 0.6) is 0 Å². The number of sulfonamides is 1. The molecule has 1 fully saturated rings. The SMILES string of the molecule is CCOCCCC(=O)N1CCN(S(=O)(=O)c2c(C)oc(C)c2C(=O)OC)CC1. The third kappa shape index (κ3) is 4.73. The Labute approximate surface area is 165 Å². The number of carbonyl (C=O) groups excluding carboxylic acids is 2. The molecular weight excluding hydrogens is 388 g/mol. The monoisotopic (exact) mass is 416 g/mol. The van der Waals surface area contributed by atoms with Crippen LogP contribution in [0.2, 0.25) is 0 Å². The third-order valence-corrected chi connectivity index (χ3v) is 6.72. The van der Waals surface area contributed by atoms with Gasteiger partial charge in [0.1, 0.15) is 22.0 Å². The van der Waals surface area contributed by atoms with Crippen LogP contribution in [0.1, 0.15) is 41.6 Å². The summed E-state index contributed by atoms with van der Waals surface area (Å²) in [5.41, 5.74) is -0.0746. The minimum absolute atomic E-state index is 0.0117. The van der Waals surface area contributed by atoms with Gasteiger partial charge < -0.3 is 18.8 Å². The van der Waals surface area contributed by atoms with Gasteiger partial charge in [-0.1, -0.05) is 0 Å². The first-order valence-electron chi connectivity index (χ1n) is 9.28. The molecule has 0 saturated carbocycles. The van der Waals surface area contributed by atoms with Crippen molar-refractivity contribution in [2.24, 2.45) is 0 Å². The minimum atomic E-state index is -3.95. The van der Waals surface area contributed by atoms with Crippen LogP contribution in [0.25, 0.3) is 0 Å². The summed E-state index contributed by atoms with van der Waals surface area (Å²) < 4.78 is 42.8. The molecule has 9 nitrogen and oxygen atoms in total. The topological polar surface area (TPSA) is 106 Å². The molecule has 158 valence electrons. The fourth-order valence-corrected chi connectivity index (χ4v) is 5.04. The van der Waals surface area contributed by atoms with Crippen molar-refractivity contribution in [3.8, 4) is 0 Å². The minimum Gasteiger partial charge on any atom is -0.465 e. The Morgan fingerprint density at radius 3 is 2.32 bits per heavy atom. The number of esters is 1. The molecule has 1 saturated heterocycles. The van der Waals surface area contributed by atoms with Gasteiger partial charge in [0.2, 0.25) is 15.9 Å². The summed E-state index contributed by atoms with van der Waals surface area (Å²) in [4.78, 5) is 25.8. The van der Waals surface area contributed by atoms with Gasteiger partial charge in [-0.15, -0.1) is 0 Å². The molecule has 2 heterocycles. The summed E-state index contributed by atoms with van der Waals surface area (Å²) >= 11 is 0. The number of hydrogen-bond acceptors (Lipinski definition) is 7. The van der Waals surface area contributed by atoms with Crippen molar-refractivity contribution in [2.75, 3.05) is 46.5 Å². The molecule has 0 N–H and O–H groups in total. The van der Waals surface area contributed by atoms with Crippen LogP contribution in [-0.2, 0) is 24.3 Å². The molecule has 10 heteroatoms. The molecule has 28 heavy (non-hydrogen) atoms. The van der Waals surface area contributed by atoms with E-state index in [1.54, 1.807) is 4.90 Å². The zero-order valence-corrected chi connectivity index (χ0v) is 17.6. The number of hydrogen-bond donors (Lipinski definition) is 0. The van der Waals surface area contributed by atoms with Crippen LogP contribution < -0.4 is 0 Å². The lowest BCUT2D eigenvalue weighted by Crippen LogP contribution is -2.50. The molecule has 0 spiro atoms. The molecular formula is C18H28N2O7S. The molecule has 0 aliphatic carbocycles. The first-order chi connectivity index (χ1) is 13.2. The largest absolute Gasteiger partial charge is 0.465 e. The van der Waals surface area contributed by atoms with E-state index in [1.165, 1.54) is 25.3 Å². The third-order valence-electron chi connectivity index (χ3n) is 4.67. The van der Waals surface area contributed by atoms with Crippen LogP contribution in [0, 0.1) is 13.8 Å². The average Bonchev–Trinajstić information content (AvgIpc) is 2.99. The van der Waals surface area contributed by atoms with Gasteiger partial charge in [0, 0.05) is 45.8 Å². The maximum atomic E-state index is 13.1. The van der Waals surface area contributed by atoms with E-state index in [4.69, 9.17) is 13.9 Å². The number of nitrogens with zero attached hydrogens (tertiary/aromatic N) is 2. The number of carbonyl (C=O) groups is 2. The van der Waals surface area contributed by atoms with Crippen LogP contribution in [0.15, 0.2) is 9.31 Å². The van der Waals surface area contributed by atoms with E-state index in [-0.39, 0.29) is 41.0 Å². The Morgan fingerprint density at radius 1 is 1.11 bits per heavy atom. The van der Waals surface area contributed by atoms with Gasteiger partial charge in [-0.2, -0.15) is 4.31 Å². The quantitative estimate of drug-likeness (QED) is 0.465. The molecule has 1 aromatic rings. The van der Waals surface area contributed by atoms with Gasteiger partial charge in [0.15, 0.2) is 0 Å². The van der Waals surface area contributed by atoms with Gasteiger partial charge in [0.05, 0.1) is 7.11 Å². The highest BCUT2D eigenvalue weighted by Crippen LogP contribution is 2.30. The van der Waals surface area contributed by atoms with E-state index in [1.807, 2.05) is 6.92 Å². The molecule has 1 aliphatic rings. The number of aryl methyl sites for hydroxylation is 2. The normalized spacial score (nSPS) is 15.6. The molecule has 1 aliphatic heterocycles. The van der Waals surface area contributed by atoms with Gasteiger partial charge in [0.25, 0.3) is 0 Å². The predicted molar refractivity (Wildman–Crippen MR) is 101 cm³/mol. The van der Waals surface area contributed by atoms with Crippen molar-refractivity contribution >= 4 is 21.9 Å². The summed E-state index contributed by atoms with van der Waals surface area (Å²) in [5, 5.41) is 0. The Morgan fingerprint density at radius 2 is 1.75 bits per heavy atom. The molecule has 1 aromatic heterocycles. The average molecular weight is 416 g/mol. The Bertz CT molecular complexity index is 808. The highest BCUT2D eigenvalue weighted by molar-refractivity contribution is 7.89. The van der Waals surface area contributed by atoms with Gasteiger partial charge in [-0.05, 0) is 27.2 Å². The van der Waals surface area contributed by atoms with E-state index < -0.39 is 16.0 Å². The van der Waals surface area contributed by atoms with Crippen LogP contribution >= 0.6 is 0 Å². The van der Waals surface area contributed by atoms with Gasteiger partial charge in [-0.3, -0.25) is 4.79 Å². The highest BCUT2D eigenvalue weighted by atomic mass is 32.2. The molecule has 0 aromatic carbocycles. The summed E-state index contributed by atoms with van der Waals surface area (Å²) in [6.45, 7) is 7.00. The summed E-state index contributed by atoms with van der Waals surface area (Å²) in [6.07, 6.45) is 1.01. The second-order valence-corrected chi connectivity index (χ2v) is 8.37. The molecule has 1 amide bonds. The lowest BCUT2D eigenvalue weighted by Gasteiger charge is -2.34. The molecule has 0 unspecified atom stereocenters. The van der Waals surface area contributed by atoms with E-state index >= 15 is 0 Å². The maximum Gasteiger partial charge on any atom is 0.342 e. The summed E-state index contributed by atoms with van der Waals surface area (Å²) in [6, 6.07) is 0. The van der Waals surface area contributed by atoms with Crippen molar-refractivity contribution in [1.82, 2.24) is 9.21 Å². The smallest absolute Gasteiger partial charge is 0.342 e. The second kappa shape index (κ2) is 9.53. The standard InChI is InChI=1S/C18H28N2O7S/c1-5-26-12-6-7-15(21)19-8-10-20(11-9-19)28(23,24)17-14(3)27-13(2)16(17)18(22)25-4/h5-12H2,1-4H3. The first-order valence-corrected chi connectivity index (χ1v) is 10.7. The zero-order valence-electron chi connectivity index (χ0n) is 16.8. The van der Waals surface area contributed by atoms with Crippen molar-refractivity contribution in [3.05, 3.63) is 17.1 Å². The zero-order chi connectivity index (χ0) is 20.9. The van der Waals surface area contributed by atoms with E-state index in [0.717, 1.165) is 0 Å². The predicted octanol–water partition coefficient (Wildman–Crippen LogP) is 1.33. The number of piperazine rings is 1. The molecule has 0 radical (unpaired) electrons. The van der Waals surface area contributed by atoms with Crippen molar-refractivity contribution < 1.29 is 31.9 Å². The number of ether oxygens (including phenoxy) is 2. The fraction of sp³-hybridized carbons (Fsp3) is 0.667. The van der Waals surface area contributed by atoms with E-state index in [9.17, 15) is 18.0 Å². The number of furan rings is 1. The molecule has 0 bridgehead atoms. The van der Waals surface area contributed by atoms with E-state index in [2.05, 4.69) is 0 Å². The Balaban J connectivity index is 2.08.